The predicted molar refractivity (Wildman–Crippen MR) is 69.1 cm³/mol. The summed E-state index contributed by atoms with van der Waals surface area (Å²) in [5.41, 5.74) is 0.231. The van der Waals surface area contributed by atoms with Gasteiger partial charge in [0.1, 0.15) is 5.54 Å². The van der Waals surface area contributed by atoms with E-state index >= 15 is 0 Å². The highest BCUT2D eigenvalue weighted by molar-refractivity contribution is 5.78. The summed E-state index contributed by atoms with van der Waals surface area (Å²) in [7, 11) is 0. The molecule has 3 heteroatoms. The van der Waals surface area contributed by atoms with Crippen LogP contribution in [0.4, 0.5) is 0 Å². The van der Waals surface area contributed by atoms with Gasteiger partial charge in [0.15, 0.2) is 0 Å². The van der Waals surface area contributed by atoms with E-state index in [1.54, 1.807) is 6.92 Å². The van der Waals surface area contributed by atoms with Gasteiger partial charge in [-0.1, -0.05) is 44.2 Å². The molecule has 0 heterocycles. The summed E-state index contributed by atoms with van der Waals surface area (Å²) in [4.78, 5) is 13.5. The highest BCUT2D eigenvalue weighted by Gasteiger charge is 2.37. The van der Waals surface area contributed by atoms with Gasteiger partial charge in [0.05, 0.1) is 0 Å². The molecule has 0 spiro atoms. The Bertz CT molecular complexity index is 360. The van der Waals surface area contributed by atoms with E-state index in [1.165, 1.54) is 0 Å². The van der Waals surface area contributed by atoms with Crippen molar-refractivity contribution in [1.82, 2.24) is 4.90 Å². The van der Waals surface area contributed by atoms with Crippen molar-refractivity contribution in [2.24, 2.45) is 0 Å². The molecule has 0 aromatic heterocycles. The SMILES string of the molecule is CCN(CC)C(C)(Cc1ccccc1)C(=O)O. The monoisotopic (exact) mass is 235 g/mol. The van der Waals surface area contributed by atoms with Crippen molar-refractivity contribution in [2.75, 3.05) is 13.1 Å². The van der Waals surface area contributed by atoms with E-state index in [4.69, 9.17) is 0 Å². The molecule has 0 aliphatic rings. The van der Waals surface area contributed by atoms with Gasteiger partial charge in [-0.15, -0.1) is 0 Å². The van der Waals surface area contributed by atoms with Crippen LogP contribution in [-0.2, 0) is 11.2 Å². The van der Waals surface area contributed by atoms with Crippen molar-refractivity contribution in [3.8, 4) is 0 Å². The molecule has 94 valence electrons. The lowest BCUT2D eigenvalue weighted by molar-refractivity contribution is -0.150. The number of carboxylic acids is 1. The van der Waals surface area contributed by atoms with Gasteiger partial charge in [-0.25, -0.2) is 0 Å². The van der Waals surface area contributed by atoms with Crippen molar-refractivity contribution in [2.45, 2.75) is 32.7 Å². The van der Waals surface area contributed by atoms with E-state index in [2.05, 4.69) is 0 Å². The second-order valence-corrected chi connectivity index (χ2v) is 4.41. The van der Waals surface area contributed by atoms with Gasteiger partial charge >= 0.3 is 5.97 Å². The molecular formula is C14H21NO2. The first kappa shape index (κ1) is 13.7. The molecule has 1 aromatic carbocycles. The molecule has 3 nitrogen and oxygen atoms in total. The Hall–Kier alpha value is -1.35. The zero-order valence-electron chi connectivity index (χ0n) is 10.8. The summed E-state index contributed by atoms with van der Waals surface area (Å²) >= 11 is 0. The number of nitrogens with zero attached hydrogens (tertiary/aromatic N) is 1. The van der Waals surface area contributed by atoms with Crippen LogP contribution in [0.25, 0.3) is 0 Å². The van der Waals surface area contributed by atoms with Gasteiger partial charge in [0.25, 0.3) is 0 Å². The number of carboxylic acid groups (broad SMARTS) is 1. The fourth-order valence-corrected chi connectivity index (χ4v) is 2.24. The first-order valence-electron chi connectivity index (χ1n) is 6.07. The molecule has 1 atom stereocenters. The molecule has 0 saturated heterocycles. The van der Waals surface area contributed by atoms with Gasteiger partial charge in [0, 0.05) is 6.42 Å². The zero-order chi connectivity index (χ0) is 12.9. The minimum atomic E-state index is -0.829. The molecule has 0 bridgehead atoms. The van der Waals surface area contributed by atoms with E-state index in [0.717, 1.165) is 18.7 Å². The summed E-state index contributed by atoms with van der Waals surface area (Å²) in [5.74, 6) is -0.759. The van der Waals surface area contributed by atoms with Crippen LogP contribution in [0.2, 0.25) is 0 Å². The lowest BCUT2D eigenvalue weighted by Gasteiger charge is -2.36. The van der Waals surface area contributed by atoms with Crippen LogP contribution in [0.5, 0.6) is 0 Å². The second-order valence-electron chi connectivity index (χ2n) is 4.41. The fourth-order valence-electron chi connectivity index (χ4n) is 2.24. The number of aliphatic carboxylic acids is 1. The third-order valence-corrected chi connectivity index (χ3v) is 3.31. The van der Waals surface area contributed by atoms with Crippen LogP contribution in [-0.4, -0.2) is 34.6 Å². The van der Waals surface area contributed by atoms with E-state index in [9.17, 15) is 9.90 Å². The second kappa shape index (κ2) is 5.82. The summed E-state index contributed by atoms with van der Waals surface area (Å²) in [5, 5.41) is 9.48. The van der Waals surface area contributed by atoms with Crippen LogP contribution in [0.1, 0.15) is 26.3 Å². The van der Waals surface area contributed by atoms with Gasteiger partial charge in [0.2, 0.25) is 0 Å². The van der Waals surface area contributed by atoms with E-state index in [-0.39, 0.29) is 0 Å². The highest BCUT2D eigenvalue weighted by atomic mass is 16.4. The number of likely N-dealkylation sites (N-methyl/N-ethyl adjacent to an activating group) is 1. The molecule has 17 heavy (non-hydrogen) atoms. The van der Waals surface area contributed by atoms with Crippen molar-refractivity contribution in [1.29, 1.82) is 0 Å². The molecule has 1 rings (SSSR count). The largest absolute Gasteiger partial charge is 0.480 e. The van der Waals surface area contributed by atoms with Crippen molar-refractivity contribution >= 4 is 5.97 Å². The minimum absolute atomic E-state index is 0.533. The molecule has 1 N–H and O–H groups in total. The number of hydrogen-bond acceptors (Lipinski definition) is 2. The van der Waals surface area contributed by atoms with E-state index < -0.39 is 11.5 Å². The van der Waals surface area contributed by atoms with Crippen molar-refractivity contribution in [3.05, 3.63) is 35.9 Å². The maximum atomic E-state index is 11.5. The molecule has 1 aromatic rings. The molecule has 0 radical (unpaired) electrons. The Labute approximate surface area is 103 Å². The number of hydrogen-bond donors (Lipinski definition) is 1. The summed E-state index contributed by atoms with van der Waals surface area (Å²) in [6.07, 6.45) is 0.533. The zero-order valence-corrected chi connectivity index (χ0v) is 10.8. The van der Waals surface area contributed by atoms with Crippen molar-refractivity contribution in [3.63, 3.8) is 0 Å². The quantitative estimate of drug-likeness (QED) is 0.823. The van der Waals surface area contributed by atoms with Gasteiger partial charge in [-0.3, -0.25) is 9.69 Å². The average molecular weight is 235 g/mol. The van der Waals surface area contributed by atoms with Crippen LogP contribution < -0.4 is 0 Å². The maximum Gasteiger partial charge on any atom is 0.324 e. The number of benzene rings is 1. The van der Waals surface area contributed by atoms with Gasteiger partial charge < -0.3 is 5.11 Å². The van der Waals surface area contributed by atoms with Crippen LogP contribution >= 0.6 is 0 Å². The van der Waals surface area contributed by atoms with Crippen LogP contribution in [0, 0.1) is 0 Å². The minimum Gasteiger partial charge on any atom is -0.480 e. The lowest BCUT2D eigenvalue weighted by Crippen LogP contribution is -2.53. The van der Waals surface area contributed by atoms with Crippen molar-refractivity contribution < 1.29 is 9.90 Å². The number of rotatable bonds is 6. The number of carbonyl (C=O) groups is 1. The molecule has 0 aliphatic carbocycles. The molecular weight excluding hydrogens is 214 g/mol. The van der Waals surface area contributed by atoms with Gasteiger partial charge in [-0.2, -0.15) is 0 Å². The summed E-state index contributed by atoms with van der Waals surface area (Å²) in [6.45, 7) is 7.28. The molecule has 0 fully saturated rings. The van der Waals surface area contributed by atoms with Crippen LogP contribution in [0.15, 0.2) is 30.3 Å². The Morgan fingerprint density at radius 2 is 1.76 bits per heavy atom. The van der Waals surface area contributed by atoms with E-state index in [0.29, 0.717) is 6.42 Å². The standard InChI is InChI=1S/C14H21NO2/c1-4-15(5-2)14(3,13(16)17)11-12-9-7-6-8-10-12/h6-10H,4-5,11H2,1-3H3,(H,16,17). The summed E-state index contributed by atoms with van der Waals surface area (Å²) < 4.78 is 0. The van der Waals surface area contributed by atoms with Crippen LogP contribution in [0.3, 0.4) is 0 Å². The van der Waals surface area contributed by atoms with Gasteiger partial charge in [-0.05, 0) is 25.6 Å². The Kier molecular flexibility index (Phi) is 4.70. The smallest absolute Gasteiger partial charge is 0.324 e. The van der Waals surface area contributed by atoms with E-state index in [1.807, 2.05) is 49.1 Å². The summed E-state index contributed by atoms with van der Waals surface area (Å²) in [6, 6.07) is 9.79. The molecule has 0 aliphatic heterocycles. The Morgan fingerprint density at radius 1 is 1.24 bits per heavy atom. The average Bonchev–Trinajstić information content (AvgIpc) is 2.31. The maximum absolute atomic E-state index is 11.5. The highest BCUT2D eigenvalue weighted by Crippen LogP contribution is 2.21. The molecule has 0 amide bonds. The fraction of sp³-hybridized carbons (Fsp3) is 0.500. The normalized spacial score (nSPS) is 14.6. The first-order valence-corrected chi connectivity index (χ1v) is 6.07. The molecule has 0 saturated carbocycles. The third kappa shape index (κ3) is 3.07. The topological polar surface area (TPSA) is 40.5 Å². The Morgan fingerprint density at radius 3 is 2.18 bits per heavy atom. The third-order valence-electron chi connectivity index (χ3n) is 3.31. The lowest BCUT2D eigenvalue weighted by atomic mass is 9.91. The molecule has 1 unspecified atom stereocenters. The first-order chi connectivity index (χ1) is 8.04. The predicted octanol–water partition coefficient (Wildman–Crippen LogP) is 2.41. The Balaban J connectivity index is 2.97.